The molecule has 9 heteroatoms. The molecule has 1 atom stereocenters. The molecule has 1 aliphatic heterocycles. The minimum atomic E-state index is -0.0281. The van der Waals surface area contributed by atoms with Gasteiger partial charge in [0.1, 0.15) is 5.52 Å². The number of rotatable bonds is 3. The summed E-state index contributed by atoms with van der Waals surface area (Å²) in [6, 6.07) is 11.8. The van der Waals surface area contributed by atoms with E-state index in [-0.39, 0.29) is 11.9 Å². The fraction of sp³-hybridized carbons (Fsp3) is 0.304. The molecule has 5 rings (SSSR count). The van der Waals surface area contributed by atoms with E-state index in [1.165, 1.54) is 4.80 Å². The Balaban J connectivity index is 1.41. The summed E-state index contributed by atoms with van der Waals surface area (Å²) in [4.78, 5) is 23.7. The number of anilines is 1. The summed E-state index contributed by atoms with van der Waals surface area (Å²) in [5.41, 5.74) is 3.71. The van der Waals surface area contributed by atoms with Gasteiger partial charge < -0.3 is 14.2 Å². The molecular formula is C23H23ClN6O2. The minimum Gasteiger partial charge on any atom is -0.423 e. The third-order valence-corrected chi connectivity index (χ3v) is 6.08. The second kappa shape index (κ2) is 8.27. The largest absolute Gasteiger partial charge is 0.423 e. The fourth-order valence-electron chi connectivity index (χ4n) is 4.07. The molecule has 0 radical (unpaired) electrons. The number of benzene rings is 2. The average Bonchev–Trinajstić information content (AvgIpc) is 3.41. The zero-order chi connectivity index (χ0) is 22.2. The maximum Gasteiger partial charge on any atom is 0.298 e. The number of oxazole rings is 1. The first-order valence-electron chi connectivity index (χ1n) is 10.6. The van der Waals surface area contributed by atoms with Crippen LogP contribution in [0.25, 0.3) is 16.8 Å². The number of aromatic nitrogens is 4. The van der Waals surface area contributed by atoms with Crippen molar-refractivity contribution in [2.45, 2.75) is 26.3 Å². The van der Waals surface area contributed by atoms with Gasteiger partial charge in [0, 0.05) is 30.7 Å². The normalized spacial score (nSPS) is 17.0. The predicted octanol–water partition coefficient (Wildman–Crippen LogP) is 4.11. The molecule has 164 valence electrons. The van der Waals surface area contributed by atoms with Gasteiger partial charge in [-0.2, -0.15) is 20.0 Å². The molecule has 32 heavy (non-hydrogen) atoms. The molecule has 1 saturated heterocycles. The summed E-state index contributed by atoms with van der Waals surface area (Å²) < 4.78 is 5.95. The molecular weight excluding hydrogens is 430 g/mol. The van der Waals surface area contributed by atoms with Crippen molar-refractivity contribution in [2.24, 2.45) is 0 Å². The molecule has 4 aromatic rings. The van der Waals surface area contributed by atoms with Crippen LogP contribution >= 0.6 is 11.6 Å². The highest BCUT2D eigenvalue weighted by Gasteiger charge is 2.29. The van der Waals surface area contributed by atoms with Crippen LogP contribution in [0, 0.1) is 6.92 Å². The Morgan fingerprint density at radius 1 is 1.09 bits per heavy atom. The number of halogens is 1. The van der Waals surface area contributed by atoms with Gasteiger partial charge in [0.05, 0.1) is 23.6 Å². The van der Waals surface area contributed by atoms with Gasteiger partial charge in [0.15, 0.2) is 5.58 Å². The maximum atomic E-state index is 13.6. The Labute approximate surface area is 190 Å². The van der Waals surface area contributed by atoms with Crippen molar-refractivity contribution in [2.75, 3.05) is 24.5 Å². The van der Waals surface area contributed by atoms with Gasteiger partial charge in [-0.15, -0.1) is 0 Å². The second-order valence-corrected chi connectivity index (χ2v) is 8.51. The number of hydrogen-bond acceptors (Lipinski definition) is 6. The minimum absolute atomic E-state index is 0.0281. The van der Waals surface area contributed by atoms with Crippen LogP contribution in [0.1, 0.15) is 29.3 Å². The van der Waals surface area contributed by atoms with Crippen LogP contribution in [0.15, 0.2) is 53.2 Å². The molecule has 1 fully saturated rings. The van der Waals surface area contributed by atoms with Gasteiger partial charge in [-0.3, -0.25) is 4.79 Å². The summed E-state index contributed by atoms with van der Waals surface area (Å²) in [7, 11) is 0. The zero-order valence-corrected chi connectivity index (χ0v) is 18.7. The lowest BCUT2D eigenvalue weighted by Gasteiger charge is -2.27. The number of amides is 1. The van der Waals surface area contributed by atoms with E-state index in [2.05, 4.69) is 27.0 Å². The van der Waals surface area contributed by atoms with Gasteiger partial charge in [-0.1, -0.05) is 23.2 Å². The lowest BCUT2D eigenvalue weighted by atomic mass is 10.2. The van der Waals surface area contributed by atoms with Crippen LogP contribution in [0.2, 0.25) is 5.02 Å². The van der Waals surface area contributed by atoms with Crippen LogP contribution in [0.4, 0.5) is 6.01 Å². The summed E-state index contributed by atoms with van der Waals surface area (Å²) in [6.07, 6.45) is 4.01. The smallest absolute Gasteiger partial charge is 0.298 e. The highest BCUT2D eigenvalue weighted by Crippen LogP contribution is 2.27. The van der Waals surface area contributed by atoms with Crippen molar-refractivity contribution in [1.82, 2.24) is 24.9 Å². The third-order valence-electron chi connectivity index (χ3n) is 5.85. The molecule has 0 bridgehead atoms. The van der Waals surface area contributed by atoms with Crippen LogP contribution in [0.3, 0.4) is 0 Å². The van der Waals surface area contributed by atoms with Gasteiger partial charge in [0.25, 0.3) is 11.9 Å². The summed E-state index contributed by atoms with van der Waals surface area (Å²) in [5.74, 6) is -0.0281. The summed E-state index contributed by atoms with van der Waals surface area (Å²) >= 11 is 6.08. The second-order valence-electron chi connectivity index (χ2n) is 8.07. The molecule has 1 amide bonds. The van der Waals surface area contributed by atoms with Crippen molar-refractivity contribution < 1.29 is 9.21 Å². The first-order chi connectivity index (χ1) is 15.5. The van der Waals surface area contributed by atoms with E-state index < -0.39 is 0 Å². The van der Waals surface area contributed by atoms with Crippen LogP contribution in [-0.2, 0) is 0 Å². The number of hydrogen-bond donors (Lipinski definition) is 0. The van der Waals surface area contributed by atoms with E-state index in [1.807, 2.05) is 36.1 Å². The summed E-state index contributed by atoms with van der Waals surface area (Å²) in [6.45, 7) is 5.98. The number of nitrogens with zero attached hydrogens (tertiary/aromatic N) is 6. The Morgan fingerprint density at radius 3 is 2.72 bits per heavy atom. The van der Waals surface area contributed by atoms with Gasteiger partial charge in [-0.25, -0.2) is 0 Å². The molecule has 0 aliphatic carbocycles. The first-order valence-corrected chi connectivity index (χ1v) is 11.0. The Kier molecular flexibility index (Phi) is 5.30. The third kappa shape index (κ3) is 3.82. The Bertz CT molecular complexity index is 1270. The molecule has 0 spiro atoms. The molecule has 1 aliphatic rings. The van der Waals surface area contributed by atoms with Crippen molar-refractivity contribution in [3.63, 3.8) is 0 Å². The molecule has 2 aromatic carbocycles. The number of fused-ring (bicyclic) bond motifs is 1. The van der Waals surface area contributed by atoms with E-state index in [1.54, 1.807) is 24.5 Å². The van der Waals surface area contributed by atoms with Crippen LogP contribution < -0.4 is 4.90 Å². The highest BCUT2D eigenvalue weighted by atomic mass is 35.5. The molecule has 2 aromatic heterocycles. The SMILES string of the molecule is Cc1ccc(-n2nccn2)c([14C](=O)N2CCN(c3nc4cc(Cl)ccc4o3)CC[C@H]2C)c1. The fourth-order valence-corrected chi connectivity index (χ4v) is 4.23. The standard InChI is InChI=1S/C23H23ClN6O2/c1-15-3-5-20(30-25-8-9-26-30)18(13-15)22(31)29-12-11-28(10-7-16(29)2)23-27-19-14-17(24)4-6-21(19)32-23/h3-6,8-9,13-14,16H,7,10-12H2,1-2H3/t16-/m1/s1/i22+2. The number of carbonyl (C=O) groups is 1. The van der Waals surface area contributed by atoms with E-state index in [4.69, 9.17) is 16.0 Å². The molecule has 3 heterocycles. The lowest BCUT2D eigenvalue weighted by Crippen LogP contribution is -2.40. The maximum absolute atomic E-state index is 13.6. The van der Waals surface area contributed by atoms with E-state index in [0.717, 1.165) is 24.0 Å². The first kappa shape index (κ1) is 20.5. The highest BCUT2D eigenvalue weighted by molar-refractivity contribution is 6.31. The Hall–Kier alpha value is -3.39. The summed E-state index contributed by atoms with van der Waals surface area (Å²) in [5, 5.41) is 9.06. The molecule has 0 N–H and O–H groups in total. The predicted molar refractivity (Wildman–Crippen MR) is 122 cm³/mol. The van der Waals surface area contributed by atoms with Crippen molar-refractivity contribution in [1.29, 1.82) is 0 Å². The van der Waals surface area contributed by atoms with Gasteiger partial charge in [-0.05, 0) is 50.6 Å². The monoisotopic (exact) mass is 452 g/mol. The van der Waals surface area contributed by atoms with Gasteiger partial charge in [0.2, 0.25) is 0 Å². The lowest BCUT2D eigenvalue weighted by molar-refractivity contribution is 0.0704. The zero-order valence-electron chi connectivity index (χ0n) is 17.9. The van der Waals surface area contributed by atoms with Gasteiger partial charge >= 0.3 is 0 Å². The number of aryl methyl sites for hydroxylation is 1. The molecule has 8 nitrogen and oxygen atoms in total. The van der Waals surface area contributed by atoms with Crippen molar-refractivity contribution in [3.05, 3.63) is 64.9 Å². The Morgan fingerprint density at radius 2 is 1.91 bits per heavy atom. The number of carbonyl (C=O) groups excluding carboxylic acids is 1. The topological polar surface area (TPSA) is 80.3 Å². The van der Waals surface area contributed by atoms with Crippen LogP contribution in [-0.4, -0.2) is 56.5 Å². The van der Waals surface area contributed by atoms with E-state index in [0.29, 0.717) is 41.0 Å². The van der Waals surface area contributed by atoms with Crippen molar-refractivity contribution >= 4 is 34.6 Å². The van der Waals surface area contributed by atoms with E-state index >= 15 is 0 Å². The van der Waals surface area contributed by atoms with Crippen molar-refractivity contribution in [3.8, 4) is 5.69 Å². The molecule has 0 unspecified atom stereocenters. The van der Waals surface area contributed by atoms with E-state index in [9.17, 15) is 4.79 Å². The average molecular weight is 453 g/mol. The quantitative estimate of drug-likeness (QED) is 0.465. The van der Waals surface area contributed by atoms with Crippen LogP contribution in [0.5, 0.6) is 0 Å². The molecule has 0 saturated carbocycles.